The Balaban J connectivity index is 0.000000333. The van der Waals surface area contributed by atoms with Gasteiger partial charge in [-0.25, -0.2) is 9.59 Å². The molecule has 2 N–H and O–H groups in total. The average Bonchev–Trinajstić information content (AvgIpc) is 3.58. The summed E-state index contributed by atoms with van der Waals surface area (Å²) in [5.41, 5.74) is 1.85. The molecular weight excluding hydrogens is 570 g/mol. The van der Waals surface area contributed by atoms with Crippen LogP contribution in [-0.2, 0) is 27.4 Å². The SMILES string of the molecule is COCC1CN(Cc2ccco2)CC12CCN(Cc1sccc1C)CC2.O=C(O)C(F)(F)F.O=C(O)C(F)(F)F. The Morgan fingerprint density at radius 3 is 2.05 bits per heavy atom. The number of carboxylic acid groups (broad SMARTS) is 2. The number of carboxylic acids is 2. The summed E-state index contributed by atoms with van der Waals surface area (Å²) in [5, 5.41) is 16.5. The van der Waals surface area contributed by atoms with Crippen molar-refractivity contribution >= 4 is 23.3 Å². The summed E-state index contributed by atoms with van der Waals surface area (Å²) in [4.78, 5) is 24.5. The lowest BCUT2D eigenvalue weighted by molar-refractivity contribution is -0.193. The van der Waals surface area contributed by atoms with Gasteiger partial charge in [-0.15, -0.1) is 11.3 Å². The van der Waals surface area contributed by atoms with Crippen molar-refractivity contribution in [1.29, 1.82) is 0 Å². The molecule has 0 radical (unpaired) electrons. The summed E-state index contributed by atoms with van der Waals surface area (Å²) in [7, 11) is 1.84. The molecule has 15 heteroatoms. The second-order valence-electron chi connectivity index (χ2n) is 9.67. The van der Waals surface area contributed by atoms with Crippen LogP contribution in [0.5, 0.6) is 0 Å². The number of furan rings is 1. The van der Waals surface area contributed by atoms with Crippen LogP contribution in [0.25, 0.3) is 0 Å². The highest BCUT2D eigenvalue weighted by molar-refractivity contribution is 7.10. The second-order valence-corrected chi connectivity index (χ2v) is 10.7. The minimum Gasteiger partial charge on any atom is -0.475 e. The van der Waals surface area contributed by atoms with Gasteiger partial charge in [-0.1, -0.05) is 0 Å². The van der Waals surface area contributed by atoms with Gasteiger partial charge in [-0.2, -0.15) is 26.3 Å². The number of thiophene rings is 1. The monoisotopic (exact) mass is 602 g/mol. The number of piperidine rings is 1. The molecule has 2 fully saturated rings. The van der Waals surface area contributed by atoms with E-state index >= 15 is 0 Å². The van der Waals surface area contributed by atoms with Crippen molar-refractivity contribution in [2.24, 2.45) is 11.3 Å². The molecule has 2 aliphatic rings. The molecule has 0 aliphatic carbocycles. The van der Waals surface area contributed by atoms with Crippen LogP contribution in [0.4, 0.5) is 26.3 Å². The Bertz CT molecular complexity index is 1040. The molecule has 2 aromatic heterocycles. The van der Waals surface area contributed by atoms with E-state index < -0.39 is 24.3 Å². The van der Waals surface area contributed by atoms with Gasteiger partial charge in [0.05, 0.1) is 19.4 Å². The zero-order valence-electron chi connectivity index (χ0n) is 21.9. The van der Waals surface area contributed by atoms with Gasteiger partial charge in [0, 0.05) is 37.5 Å². The summed E-state index contributed by atoms with van der Waals surface area (Å²) in [6.07, 6.45) is -5.83. The first kappa shape index (κ1) is 33.6. The second kappa shape index (κ2) is 14.3. The lowest BCUT2D eigenvalue weighted by atomic mass is 9.71. The van der Waals surface area contributed by atoms with Crippen molar-refractivity contribution in [3.8, 4) is 0 Å². The molecule has 226 valence electrons. The van der Waals surface area contributed by atoms with Crippen molar-refractivity contribution < 1.29 is 55.3 Å². The van der Waals surface area contributed by atoms with Crippen molar-refractivity contribution in [3.63, 3.8) is 0 Å². The number of likely N-dealkylation sites (tertiary alicyclic amines) is 2. The standard InChI is InChI=1S/C21H30N2O2S.2C2HF3O2/c1-17-5-11-26-20(17)14-22-8-6-21(7-9-22)16-23(12-18(21)15-24-2)13-19-4-3-10-25-19;2*3-2(4,5)1(6)7/h3-5,10-11,18H,6-9,12-16H2,1-2H3;2*(H,6,7). The van der Waals surface area contributed by atoms with Crippen molar-refractivity contribution in [2.45, 2.75) is 45.2 Å². The summed E-state index contributed by atoms with van der Waals surface area (Å²) in [5.74, 6) is -3.81. The van der Waals surface area contributed by atoms with E-state index in [0.717, 1.165) is 32.0 Å². The zero-order valence-corrected chi connectivity index (χ0v) is 22.7. The maximum atomic E-state index is 10.6. The number of hydrogen-bond acceptors (Lipinski definition) is 7. The van der Waals surface area contributed by atoms with Crippen molar-refractivity contribution in [1.82, 2.24) is 9.80 Å². The average molecular weight is 603 g/mol. The fraction of sp³-hybridized carbons (Fsp3) is 0.600. The molecule has 2 saturated heterocycles. The van der Waals surface area contributed by atoms with Gasteiger partial charge in [0.1, 0.15) is 5.76 Å². The number of aryl methyl sites for hydroxylation is 1. The molecule has 2 aromatic rings. The maximum absolute atomic E-state index is 10.6. The maximum Gasteiger partial charge on any atom is 0.490 e. The number of halogens is 6. The molecule has 0 amide bonds. The number of methoxy groups -OCH3 is 1. The van der Waals surface area contributed by atoms with Gasteiger partial charge in [0.15, 0.2) is 0 Å². The molecule has 1 unspecified atom stereocenters. The van der Waals surface area contributed by atoms with Crippen LogP contribution < -0.4 is 0 Å². The van der Waals surface area contributed by atoms with Crippen LogP contribution in [0, 0.1) is 18.3 Å². The Kier molecular flexibility index (Phi) is 12.0. The number of alkyl halides is 6. The first-order valence-corrected chi connectivity index (χ1v) is 13.0. The summed E-state index contributed by atoms with van der Waals surface area (Å²) in [6.45, 7) is 9.84. The molecule has 1 atom stereocenters. The molecule has 4 rings (SSSR count). The highest BCUT2D eigenvalue weighted by atomic mass is 32.1. The van der Waals surface area contributed by atoms with Crippen molar-refractivity contribution in [2.75, 3.05) is 39.9 Å². The van der Waals surface area contributed by atoms with E-state index in [1.165, 1.54) is 42.9 Å². The normalized spacial score (nSPS) is 19.4. The number of aliphatic carboxylic acids is 2. The summed E-state index contributed by atoms with van der Waals surface area (Å²) in [6, 6.07) is 6.31. The quantitative estimate of drug-likeness (QED) is 0.431. The Labute approximate surface area is 231 Å². The van der Waals surface area contributed by atoms with Gasteiger partial charge in [0.25, 0.3) is 0 Å². The first-order chi connectivity index (χ1) is 18.6. The number of hydrogen-bond donors (Lipinski definition) is 2. The minimum atomic E-state index is -5.08. The van der Waals surface area contributed by atoms with Gasteiger partial charge < -0.3 is 19.4 Å². The lowest BCUT2D eigenvalue weighted by Crippen LogP contribution is -2.44. The molecule has 8 nitrogen and oxygen atoms in total. The molecule has 40 heavy (non-hydrogen) atoms. The summed E-state index contributed by atoms with van der Waals surface area (Å²) < 4.78 is 74.6. The van der Waals surface area contributed by atoms with Crippen LogP contribution in [0.2, 0.25) is 0 Å². The number of ether oxygens (including phenoxy) is 1. The van der Waals surface area contributed by atoms with Crippen LogP contribution in [-0.4, -0.2) is 84.2 Å². The molecule has 0 aromatic carbocycles. The van der Waals surface area contributed by atoms with Crippen LogP contribution in [0.15, 0.2) is 34.3 Å². The van der Waals surface area contributed by atoms with Gasteiger partial charge in [-0.3, -0.25) is 9.80 Å². The third-order valence-electron chi connectivity index (χ3n) is 6.88. The first-order valence-electron chi connectivity index (χ1n) is 12.2. The Hall–Kier alpha value is -2.62. The molecule has 0 bridgehead atoms. The van der Waals surface area contributed by atoms with E-state index in [9.17, 15) is 26.3 Å². The largest absolute Gasteiger partial charge is 0.490 e. The van der Waals surface area contributed by atoms with Crippen molar-refractivity contribution in [3.05, 3.63) is 46.0 Å². The lowest BCUT2D eigenvalue weighted by Gasteiger charge is -2.42. The van der Waals surface area contributed by atoms with E-state index in [2.05, 4.69) is 34.2 Å². The van der Waals surface area contributed by atoms with E-state index in [4.69, 9.17) is 29.0 Å². The molecule has 4 heterocycles. The van der Waals surface area contributed by atoms with Gasteiger partial charge >= 0.3 is 24.3 Å². The minimum absolute atomic E-state index is 0.406. The van der Waals surface area contributed by atoms with E-state index in [1.54, 1.807) is 6.26 Å². The highest BCUT2D eigenvalue weighted by Gasteiger charge is 2.48. The molecule has 0 saturated carbocycles. The Morgan fingerprint density at radius 2 is 1.62 bits per heavy atom. The highest BCUT2D eigenvalue weighted by Crippen LogP contribution is 2.45. The van der Waals surface area contributed by atoms with Gasteiger partial charge in [0.2, 0.25) is 0 Å². The molecular formula is C25H32F6N2O6S. The number of rotatable bonds is 6. The van der Waals surface area contributed by atoms with E-state index in [1.807, 2.05) is 24.5 Å². The van der Waals surface area contributed by atoms with Gasteiger partial charge in [-0.05, 0) is 67.4 Å². The number of carbonyl (C=O) groups is 2. The fourth-order valence-corrected chi connectivity index (χ4v) is 5.76. The smallest absolute Gasteiger partial charge is 0.475 e. The molecule has 2 aliphatic heterocycles. The predicted molar refractivity (Wildman–Crippen MR) is 133 cm³/mol. The Morgan fingerprint density at radius 1 is 1.05 bits per heavy atom. The van der Waals surface area contributed by atoms with E-state index in [-0.39, 0.29) is 0 Å². The van der Waals surface area contributed by atoms with E-state index in [0.29, 0.717) is 11.3 Å². The molecule has 1 spiro atoms. The predicted octanol–water partition coefficient (Wildman–Crippen LogP) is 5.28. The topological polar surface area (TPSA) is 103 Å². The van der Waals surface area contributed by atoms with Crippen LogP contribution >= 0.6 is 11.3 Å². The third kappa shape index (κ3) is 10.1. The summed E-state index contributed by atoms with van der Waals surface area (Å²) >= 11 is 1.90. The number of nitrogens with zero attached hydrogens (tertiary/aromatic N) is 2. The van der Waals surface area contributed by atoms with Crippen LogP contribution in [0.3, 0.4) is 0 Å². The van der Waals surface area contributed by atoms with Crippen LogP contribution in [0.1, 0.15) is 29.0 Å². The third-order valence-corrected chi connectivity index (χ3v) is 7.89. The zero-order chi connectivity index (χ0) is 30.1. The fourth-order valence-electron chi connectivity index (χ4n) is 4.81.